The first-order valence-electron chi connectivity index (χ1n) is 5.90. The smallest absolute Gasteiger partial charge is 0.335 e. The molecule has 1 aromatic carbocycles. The van der Waals surface area contributed by atoms with Crippen molar-refractivity contribution in [2.45, 2.75) is 13.5 Å². The molecule has 6 nitrogen and oxygen atoms in total. The number of nitrogens with zero attached hydrogens (tertiary/aromatic N) is 3. The van der Waals surface area contributed by atoms with Gasteiger partial charge in [-0.15, -0.1) is 0 Å². The van der Waals surface area contributed by atoms with E-state index in [-0.39, 0.29) is 5.56 Å². The van der Waals surface area contributed by atoms with Gasteiger partial charge in [0.05, 0.1) is 5.56 Å². The number of aromatic carboxylic acids is 1. The molecule has 0 atom stereocenters. The van der Waals surface area contributed by atoms with Crippen LogP contribution in [0.1, 0.15) is 27.3 Å². The zero-order valence-corrected chi connectivity index (χ0v) is 10.8. The molecule has 0 saturated heterocycles. The van der Waals surface area contributed by atoms with Crippen LogP contribution in [0.4, 0.5) is 5.95 Å². The highest BCUT2D eigenvalue weighted by Gasteiger charge is 2.03. The van der Waals surface area contributed by atoms with Crippen LogP contribution < -0.4 is 5.32 Å². The SMILES string of the molecule is Cc1cc(C#N)nc(NCc2ccc(C(=O)O)cc2)n1. The molecule has 0 unspecified atom stereocenters. The van der Waals surface area contributed by atoms with E-state index in [1.165, 1.54) is 12.1 Å². The van der Waals surface area contributed by atoms with E-state index in [1.54, 1.807) is 25.1 Å². The summed E-state index contributed by atoms with van der Waals surface area (Å²) in [5.41, 5.74) is 2.16. The summed E-state index contributed by atoms with van der Waals surface area (Å²) in [6, 6.07) is 10.1. The third-order valence-corrected chi connectivity index (χ3v) is 2.62. The van der Waals surface area contributed by atoms with Gasteiger partial charge in [0.25, 0.3) is 0 Å². The van der Waals surface area contributed by atoms with E-state index in [2.05, 4.69) is 15.3 Å². The van der Waals surface area contributed by atoms with Gasteiger partial charge >= 0.3 is 5.97 Å². The maximum atomic E-state index is 10.7. The molecule has 0 aliphatic heterocycles. The van der Waals surface area contributed by atoms with E-state index in [9.17, 15) is 4.79 Å². The lowest BCUT2D eigenvalue weighted by molar-refractivity contribution is 0.0697. The number of nitriles is 1. The highest BCUT2D eigenvalue weighted by Crippen LogP contribution is 2.08. The second-order valence-electron chi connectivity index (χ2n) is 4.19. The molecule has 2 N–H and O–H groups in total. The monoisotopic (exact) mass is 268 g/mol. The van der Waals surface area contributed by atoms with Crippen molar-refractivity contribution in [2.75, 3.05) is 5.32 Å². The van der Waals surface area contributed by atoms with E-state index >= 15 is 0 Å². The van der Waals surface area contributed by atoms with Crippen molar-refractivity contribution in [3.05, 3.63) is 52.8 Å². The summed E-state index contributed by atoms with van der Waals surface area (Å²) in [5, 5.41) is 20.6. The summed E-state index contributed by atoms with van der Waals surface area (Å²) < 4.78 is 0. The number of hydrogen-bond donors (Lipinski definition) is 2. The molecule has 1 heterocycles. The standard InChI is InChI=1S/C14H12N4O2/c1-9-6-12(7-15)18-14(17-9)16-8-10-2-4-11(5-3-10)13(19)20/h2-6H,8H2,1H3,(H,19,20)(H,16,17,18). The average Bonchev–Trinajstić information content (AvgIpc) is 2.45. The lowest BCUT2D eigenvalue weighted by Crippen LogP contribution is -2.06. The number of benzene rings is 1. The topological polar surface area (TPSA) is 98.9 Å². The number of aromatic nitrogens is 2. The van der Waals surface area contributed by atoms with Crippen molar-refractivity contribution >= 4 is 11.9 Å². The Kier molecular flexibility index (Phi) is 3.91. The Hall–Kier alpha value is -2.94. The molecule has 2 rings (SSSR count). The normalized spacial score (nSPS) is 9.80. The Balaban J connectivity index is 2.07. The maximum Gasteiger partial charge on any atom is 0.335 e. The van der Waals surface area contributed by atoms with Crippen molar-refractivity contribution in [1.82, 2.24) is 9.97 Å². The van der Waals surface area contributed by atoms with Crippen molar-refractivity contribution in [2.24, 2.45) is 0 Å². The molecule has 0 aliphatic rings. The van der Waals surface area contributed by atoms with E-state index in [0.29, 0.717) is 23.9 Å². The molecule has 6 heteroatoms. The lowest BCUT2D eigenvalue weighted by Gasteiger charge is -2.06. The maximum absolute atomic E-state index is 10.7. The lowest BCUT2D eigenvalue weighted by atomic mass is 10.1. The second kappa shape index (κ2) is 5.80. The number of carboxylic acid groups (broad SMARTS) is 1. The zero-order valence-electron chi connectivity index (χ0n) is 10.8. The minimum Gasteiger partial charge on any atom is -0.478 e. The highest BCUT2D eigenvalue weighted by molar-refractivity contribution is 5.87. The van der Waals surface area contributed by atoms with Crippen LogP contribution in [0.3, 0.4) is 0 Å². The fraction of sp³-hybridized carbons (Fsp3) is 0.143. The molecule has 20 heavy (non-hydrogen) atoms. The van der Waals surface area contributed by atoms with Crippen molar-refractivity contribution < 1.29 is 9.90 Å². The molecule has 0 spiro atoms. The molecule has 0 amide bonds. The minimum atomic E-state index is -0.954. The molecule has 0 bridgehead atoms. The van der Waals surface area contributed by atoms with Gasteiger partial charge in [-0.05, 0) is 30.7 Å². The van der Waals surface area contributed by atoms with Crippen LogP contribution in [0.15, 0.2) is 30.3 Å². The van der Waals surface area contributed by atoms with Gasteiger partial charge in [-0.3, -0.25) is 0 Å². The Morgan fingerprint density at radius 1 is 1.35 bits per heavy atom. The Morgan fingerprint density at radius 2 is 2.05 bits per heavy atom. The summed E-state index contributed by atoms with van der Waals surface area (Å²) in [7, 11) is 0. The van der Waals surface area contributed by atoms with Crippen LogP contribution in [0, 0.1) is 18.3 Å². The summed E-state index contributed by atoms with van der Waals surface area (Å²) in [5.74, 6) is -0.575. The summed E-state index contributed by atoms with van der Waals surface area (Å²) in [6.45, 7) is 2.24. The molecule has 0 radical (unpaired) electrons. The highest BCUT2D eigenvalue weighted by atomic mass is 16.4. The third kappa shape index (κ3) is 3.29. The largest absolute Gasteiger partial charge is 0.478 e. The van der Waals surface area contributed by atoms with Crippen LogP contribution in [-0.4, -0.2) is 21.0 Å². The summed E-state index contributed by atoms with van der Waals surface area (Å²) >= 11 is 0. The number of hydrogen-bond acceptors (Lipinski definition) is 5. The molecule has 0 saturated carbocycles. The molecule has 2 aromatic rings. The number of carbonyl (C=O) groups is 1. The van der Waals surface area contributed by atoms with Gasteiger partial charge in [-0.1, -0.05) is 12.1 Å². The molecule has 100 valence electrons. The van der Waals surface area contributed by atoms with E-state index in [1.807, 2.05) is 6.07 Å². The number of aryl methyl sites for hydroxylation is 1. The van der Waals surface area contributed by atoms with Crippen molar-refractivity contribution in [1.29, 1.82) is 5.26 Å². The zero-order chi connectivity index (χ0) is 14.5. The van der Waals surface area contributed by atoms with Gasteiger partial charge in [0.15, 0.2) is 0 Å². The van der Waals surface area contributed by atoms with Crippen molar-refractivity contribution in [3.63, 3.8) is 0 Å². The van der Waals surface area contributed by atoms with Gasteiger partial charge in [0.2, 0.25) is 5.95 Å². The minimum absolute atomic E-state index is 0.243. The number of nitrogens with one attached hydrogen (secondary N) is 1. The molecule has 0 aliphatic carbocycles. The van der Waals surface area contributed by atoms with E-state index in [0.717, 1.165) is 5.56 Å². The van der Waals surface area contributed by atoms with Crippen LogP contribution >= 0.6 is 0 Å². The fourth-order valence-corrected chi connectivity index (χ4v) is 1.65. The van der Waals surface area contributed by atoms with Crippen LogP contribution in [0.5, 0.6) is 0 Å². The van der Waals surface area contributed by atoms with Gasteiger partial charge in [-0.2, -0.15) is 5.26 Å². The van der Waals surface area contributed by atoms with Gasteiger partial charge < -0.3 is 10.4 Å². The third-order valence-electron chi connectivity index (χ3n) is 2.62. The second-order valence-corrected chi connectivity index (χ2v) is 4.19. The van der Waals surface area contributed by atoms with Gasteiger partial charge in [0.1, 0.15) is 11.8 Å². The Labute approximate surface area is 115 Å². The van der Waals surface area contributed by atoms with Crippen molar-refractivity contribution in [3.8, 4) is 6.07 Å². The van der Waals surface area contributed by atoms with E-state index in [4.69, 9.17) is 10.4 Å². The Morgan fingerprint density at radius 3 is 2.65 bits per heavy atom. The fourth-order valence-electron chi connectivity index (χ4n) is 1.65. The average molecular weight is 268 g/mol. The number of anilines is 1. The molecule has 0 fully saturated rings. The Bertz CT molecular complexity index is 675. The molecular formula is C14H12N4O2. The van der Waals surface area contributed by atoms with Crippen LogP contribution in [0.25, 0.3) is 0 Å². The van der Waals surface area contributed by atoms with Crippen LogP contribution in [-0.2, 0) is 6.54 Å². The predicted octanol–water partition coefficient (Wildman–Crippen LogP) is 1.97. The quantitative estimate of drug-likeness (QED) is 0.879. The first-order chi connectivity index (χ1) is 9.58. The molecular weight excluding hydrogens is 256 g/mol. The first kappa shape index (κ1) is 13.5. The number of rotatable bonds is 4. The summed E-state index contributed by atoms with van der Waals surface area (Å²) in [4.78, 5) is 18.9. The molecule has 1 aromatic heterocycles. The summed E-state index contributed by atoms with van der Waals surface area (Å²) in [6.07, 6.45) is 0. The van der Waals surface area contributed by atoms with E-state index < -0.39 is 5.97 Å². The first-order valence-corrected chi connectivity index (χ1v) is 5.90. The van der Waals surface area contributed by atoms with Gasteiger partial charge in [-0.25, -0.2) is 14.8 Å². The number of carboxylic acids is 1. The van der Waals surface area contributed by atoms with Crippen LogP contribution in [0.2, 0.25) is 0 Å². The predicted molar refractivity (Wildman–Crippen MR) is 72.2 cm³/mol. The van der Waals surface area contributed by atoms with Gasteiger partial charge in [0, 0.05) is 12.2 Å².